The second kappa shape index (κ2) is 6.57. The van der Waals surface area contributed by atoms with Crippen LogP contribution in [0.3, 0.4) is 0 Å². The van der Waals surface area contributed by atoms with Crippen LogP contribution in [0.1, 0.15) is 5.56 Å². The molecule has 0 N–H and O–H groups in total. The second-order valence-electron chi connectivity index (χ2n) is 4.72. The van der Waals surface area contributed by atoms with Gasteiger partial charge in [0.2, 0.25) is 11.8 Å². The first-order chi connectivity index (χ1) is 9.60. The Hall–Kier alpha value is -1.81. The lowest BCUT2D eigenvalue weighted by atomic mass is 10.1. The number of nitrogens with zero attached hydrogens (tertiary/aromatic N) is 2. The molecule has 1 heterocycles. The molecule has 0 atom stereocenters. The lowest BCUT2D eigenvalue weighted by Gasteiger charge is -2.34. The first kappa shape index (κ1) is 14.6. The van der Waals surface area contributed by atoms with Crippen LogP contribution < -0.4 is 0 Å². The summed E-state index contributed by atoms with van der Waals surface area (Å²) in [6.45, 7) is 5.73. The molecule has 0 unspecified atom stereocenters. The van der Waals surface area contributed by atoms with Crippen LogP contribution in [0.25, 0.3) is 0 Å². The maximum atomic E-state index is 12.2. The number of rotatable bonds is 3. The summed E-state index contributed by atoms with van der Waals surface area (Å²) in [5, 5.41) is 0.636. The van der Waals surface area contributed by atoms with Crippen LogP contribution in [-0.2, 0) is 16.0 Å². The van der Waals surface area contributed by atoms with Crippen molar-refractivity contribution in [2.75, 3.05) is 26.2 Å². The van der Waals surface area contributed by atoms with E-state index in [4.69, 9.17) is 11.6 Å². The van der Waals surface area contributed by atoms with E-state index in [2.05, 4.69) is 6.58 Å². The van der Waals surface area contributed by atoms with Crippen molar-refractivity contribution in [2.45, 2.75) is 6.42 Å². The van der Waals surface area contributed by atoms with Crippen molar-refractivity contribution in [1.82, 2.24) is 9.80 Å². The molecule has 0 bridgehead atoms. The summed E-state index contributed by atoms with van der Waals surface area (Å²) < 4.78 is 0. The molecule has 1 saturated heterocycles. The Labute approximate surface area is 123 Å². The predicted octanol–water partition coefficient (Wildman–Crippen LogP) is 1.74. The first-order valence-corrected chi connectivity index (χ1v) is 6.91. The average Bonchev–Trinajstić information content (AvgIpc) is 2.46. The molecule has 4 nitrogen and oxygen atoms in total. The van der Waals surface area contributed by atoms with Gasteiger partial charge in [0.1, 0.15) is 0 Å². The van der Waals surface area contributed by atoms with Crippen molar-refractivity contribution in [1.29, 1.82) is 0 Å². The predicted molar refractivity (Wildman–Crippen MR) is 78.5 cm³/mol. The fraction of sp³-hybridized carbons (Fsp3) is 0.333. The molecule has 5 heteroatoms. The van der Waals surface area contributed by atoms with Crippen molar-refractivity contribution < 1.29 is 9.59 Å². The number of hydrogen-bond acceptors (Lipinski definition) is 2. The lowest BCUT2D eigenvalue weighted by Crippen LogP contribution is -2.50. The van der Waals surface area contributed by atoms with Gasteiger partial charge in [-0.2, -0.15) is 0 Å². The average molecular weight is 293 g/mol. The summed E-state index contributed by atoms with van der Waals surface area (Å²) in [6.07, 6.45) is 1.65. The van der Waals surface area contributed by atoms with Crippen LogP contribution >= 0.6 is 11.6 Å². The van der Waals surface area contributed by atoms with E-state index in [0.29, 0.717) is 37.6 Å². The fourth-order valence-corrected chi connectivity index (χ4v) is 2.45. The maximum absolute atomic E-state index is 12.2. The highest BCUT2D eigenvalue weighted by Crippen LogP contribution is 2.13. The molecule has 2 rings (SSSR count). The van der Waals surface area contributed by atoms with Gasteiger partial charge in [0, 0.05) is 31.2 Å². The third kappa shape index (κ3) is 3.61. The molecule has 2 amide bonds. The summed E-state index contributed by atoms with van der Waals surface area (Å²) in [5.41, 5.74) is 0.909. The monoisotopic (exact) mass is 292 g/mol. The fourth-order valence-electron chi connectivity index (χ4n) is 2.24. The minimum Gasteiger partial charge on any atom is -0.339 e. The Morgan fingerprint density at radius 3 is 2.45 bits per heavy atom. The molecule has 0 aromatic heterocycles. The van der Waals surface area contributed by atoms with Gasteiger partial charge in [0.15, 0.2) is 0 Å². The van der Waals surface area contributed by atoms with Crippen molar-refractivity contribution >= 4 is 23.4 Å². The number of carbonyl (C=O) groups is 2. The molecular formula is C15H17ClN2O2. The Balaban J connectivity index is 1.89. The zero-order chi connectivity index (χ0) is 14.5. The van der Waals surface area contributed by atoms with Crippen LogP contribution in [0.5, 0.6) is 0 Å². The highest BCUT2D eigenvalue weighted by atomic mass is 35.5. The second-order valence-corrected chi connectivity index (χ2v) is 5.15. The number of piperazine rings is 1. The van der Waals surface area contributed by atoms with Crippen LogP contribution in [0.2, 0.25) is 5.02 Å². The molecule has 1 aromatic carbocycles. The van der Waals surface area contributed by atoms with E-state index >= 15 is 0 Å². The molecule has 0 saturated carbocycles. The Morgan fingerprint density at radius 2 is 1.85 bits per heavy atom. The van der Waals surface area contributed by atoms with Gasteiger partial charge in [-0.25, -0.2) is 0 Å². The number of benzene rings is 1. The van der Waals surface area contributed by atoms with E-state index in [1.54, 1.807) is 21.9 Å². The van der Waals surface area contributed by atoms with Crippen LogP contribution in [0.4, 0.5) is 0 Å². The highest BCUT2D eigenvalue weighted by molar-refractivity contribution is 6.30. The number of amides is 2. The maximum Gasteiger partial charge on any atom is 0.246 e. The normalized spacial score (nSPS) is 15.1. The molecule has 1 aliphatic heterocycles. The Bertz CT molecular complexity index is 522. The van der Waals surface area contributed by atoms with E-state index in [1.165, 1.54) is 6.08 Å². The molecule has 1 fully saturated rings. The SMILES string of the molecule is C=CC(=O)N1CCN(C(=O)Cc2cccc(Cl)c2)CC1. The van der Waals surface area contributed by atoms with Gasteiger partial charge in [-0.15, -0.1) is 0 Å². The summed E-state index contributed by atoms with van der Waals surface area (Å²) in [7, 11) is 0. The van der Waals surface area contributed by atoms with Gasteiger partial charge in [-0.05, 0) is 23.8 Å². The topological polar surface area (TPSA) is 40.6 Å². The number of halogens is 1. The van der Waals surface area contributed by atoms with Crippen LogP contribution in [-0.4, -0.2) is 47.8 Å². The van der Waals surface area contributed by atoms with E-state index in [1.807, 2.05) is 12.1 Å². The van der Waals surface area contributed by atoms with Gasteiger partial charge in [-0.1, -0.05) is 30.3 Å². The third-order valence-corrected chi connectivity index (χ3v) is 3.60. The molecule has 1 aliphatic rings. The standard InChI is InChI=1S/C15H17ClN2O2/c1-2-14(19)17-6-8-18(9-7-17)15(20)11-12-4-3-5-13(16)10-12/h2-5,10H,1,6-9,11H2. The largest absolute Gasteiger partial charge is 0.339 e. The Kier molecular flexibility index (Phi) is 4.79. The van der Waals surface area contributed by atoms with Crippen LogP contribution in [0, 0.1) is 0 Å². The highest BCUT2D eigenvalue weighted by Gasteiger charge is 2.22. The third-order valence-electron chi connectivity index (χ3n) is 3.36. The molecule has 0 spiro atoms. The summed E-state index contributed by atoms with van der Waals surface area (Å²) in [5.74, 6) is -0.00934. The van der Waals surface area contributed by atoms with E-state index in [0.717, 1.165) is 5.56 Å². The van der Waals surface area contributed by atoms with E-state index in [9.17, 15) is 9.59 Å². The van der Waals surface area contributed by atoms with Gasteiger partial charge in [-0.3, -0.25) is 9.59 Å². The smallest absolute Gasteiger partial charge is 0.246 e. The minimum atomic E-state index is -0.0769. The van der Waals surface area contributed by atoms with Crippen LogP contribution in [0.15, 0.2) is 36.9 Å². The number of hydrogen-bond donors (Lipinski definition) is 0. The van der Waals surface area contributed by atoms with Crippen molar-refractivity contribution in [3.05, 3.63) is 47.5 Å². The molecule has 0 aliphatic carbocycles. The van der Waals surface area contributed by atoms with Crippen molar-refractivity contribution in [2.24, 2.45) is 0 Å². The molecule has 0 radical (unpaired) electrons. The summed E-state index contributed by atoms with van der Waals surface area (Å²) in [4.78, 5) is 27.1. The molecule has 106 valence electrons. The lowest BCUT2D eigenvalue weighted by molar-refractivity contribution is -0.136. The van der Waals surface area contributed by atoms with Crippen molar-refractivity contribution in [3.8, 4) is 0 Å². The van der Waals surface area contributed by atoms with Gasteiger partial charge >= 0.3 is 0 Å². The zero-order valence-corrected chi connectivity index (χ0v) is 12.0. The zero-order valence-electron chi connectivity index (χ0n) is 11.2. The molecule has 1 aromatic rings. The van der Waals surface area contributed by atoms with E-state index in [-0.39, 0.29) is 11.8 Å². The quantitative estimate of drug-likeness (QED) is 0.796. The summed E-state index contributed by atoms with van der Waals surface area (Å²) >= 11 is 5.91. The number of carbonyl (C=O) groups excluding carboxylic acids is 2. The van der Waals surface area contributed by atoms with E-state index < -0.39 is 0 Å². The van der Waals surface area contributed by atoms with Crippen molar-refractivity contribution in [3.63, 3.8) is 0 Å². The first-order valence-electron chi connectivity index (χ1n) is 6.53. The van der Waals surface area contributed by atoms with Gasteiger partial charge in [0.25, 0.3) is 0 Å². The van der Waals surface area contributed by atoms with Gasteiger partial charge < -0.3 is 9.80 Å². The summed E-state index contributed by atoms with van der Waals surface area (Å²) in [6, 6.07) is 7.32. The molecular weight excluding hydrogens is 276 g/mol. The Morgan fingerprint density at radius 1 is 1.20 bits per heavy atom. The molecule has 20 heavy (non-hydrogen) atoms. The minimum absolute atomic E-state index is 0.0676. The van der Waals surface area contributed by atoms with Gasteiger partial charge in [0.05, 0.1) is 6.42 Å².